The number of benzene rings is 4. The lowest BCUT2D eigenvalue weighted by Gasteiger charge is -2.13. The lowest BCUT2D eigenvalue weighted by Crippen LogP contribution is -2.11. The van der Waals surface area contributed by atoms with E-state index in [-0.39, 0.29) is 17.8 Å². The van der Waals surface area contributed by atoms with Gasteiger partial charge in [-0.15, -0.1) is 0 Å². The minimum absolute atomic E-state index is 0.169. The minimum atomic E-state index is -0.169. The molecule has 0 aliphatic carbocycles. The fourth-order valence-electron chi connectivity index (χ4n) is 4.08. The van der Waals surface area contributed by atoms with Crippen LogP contribution in [0.3, 0.4) is 0 Å². The fraction of sp³-hybridized carbons (Fsp3) is 0.138. The van der Waals surface area contributed by atoms with Crippen LogP contribution in [0.15, 0.2) is 94.1 Å². The molecule has 33 heavy (non-hydrogen) atoms. The lowest BCUT2D eigenvalue weighted by atomic mass is 10.0. The van der Waals surface area contributed by atoms with E-state index in [0.29, 0.717) is 16.7 Å². The van der Waals surface area contributed by atoms with Crippen molar-refractivity contribution < 1.29 is 13.9 Å². The quantitative estimate of drug-likeness (QED) is 0.295. The predicted molar refractivity (Wildman–Crippen MR) is 132 cm³/mol. The molecule has 0 amide bonds. The molecule has 5 aromatic rings. The van der Waals surface area contributed by atoms with E-state index in [4.69, 9.17) is 13.9 Å². The standard InChI is InChI=1S/C29H24O4/c1-3-19-11-16-26-25(17-19)27(30)29(28(33-26)21-12-14-23(31-2)15-13-21)32-18-22-9-6-8-20-7-4-5-10-24(20)22/h4-17H,3,18H2,1-2H3. The minimum Gasteiger partial charge on any atom is -0.497 e. The van der Waals surface area contributed by atoms with Gasteiger partial charge in [0.1, 0.15) is 17.9 Å². The highest BCUT2D eigenvalue weighted by Crippen LogP contribution is 2.33. The molecule has 0 saturated heterocycles. The molecule has 164 valence electrons. The third-order valence-corrected chi connectivity index (χ3v) is 5.93. The Morgan fingerprint density at radius 3 is 2.42 bits per heavy atom. The maximum atomic E-state index is 13.6. The zero-order valence-electron chi connectivity index (χ0n) is 18.6. The predicted octanol–water partition coefficient (Wildman–Crippen LogP) is 6.76. The Hall–Kier alpha value is -4.05. The Kier molecular flexibility index (Phi) is 5.57. The van der Waals surface area contributed by atoms with E-state index in [0.717, 1.165) is 39.6 Å². The molecule has 4 aromatic carbocycles. The third kappa shape index (κ3) is 3.96. The molecule has 0 spiro atoms. The van der Waals surface area contributed by atoms with Gasteiger partial charge in [0.05, 0.1) is 12.5 Å². The van der Waals surface area contributed by atoms with Gasteiger partial charge < -0.3 is 13.9 Å². The summed E-state index contributed by atoms with van der Waals surface area (Å²) in [4.78, 5) is 13.6. The van der Waals surface area contributed by atoms with Crippen molar-refractivity contribution in [2.45, 2.75) is 20.0 Å². The number of ether oxygens (including phenoxy) is 2. The SMILES string of the molecule is CCc1ccc2oc(-c3ccc(OC)cc3)c(OCc3cccc4ccccc34)c(=O)c2c1. The monoisotopic (exact) mass is 436 g/mol. The van der Waals surface area contributed by atoms with Crippen LogP contribution in [0.4, 0.5) is 0 Å². The van der Waals surface area contributed by atoms with Gasteiger partial charge in [0.15, 0.2) is 5.76 Å². The average molecular weight is 437 g/mol. The molecule has 4 nitrogen and oxygen atoms in total. The van der Waals surface area contributed by atoms with Crippen molar-refractivity contribution in [2.24, 2.45) is 0 Å². The molecule has 0 bridgehead atoms. The zero-order valence-corrected chi connectivity index (χ0v) is 18.6. The van der Waals surface area contributed by atoms with Crippen molar-refractivity contribution in [1.29, 1.82) is 0 Å². The Balaban J connectivity index is 1.64. The van der Waals surface area contributed by atoms with Crippen LogP contribution in [0, 0.1) is 0 Å². The summed E-state index contributed by atoms with van der Waals surface area (Å²) in [5, 5.41) is 2.76. The molecule has 0 saturated carbocycles. The normalized spacial score (nSPS) is 11.1. The molecule has 1 heterocycles. The Morgan fingerprint density at radius 1 is 0.848 bits per heavy atom. The Labute approximate surface area is 192 Å². The summed E-state index contributed by atoms with van der Waals surface area (Å²) in [6, 6.07) is 27.4. The number of fused-ring (bicyclic) bond motifs is 2. The van der Waals surface area contributed by atoms with Gasteiger partial charge in [-0.3, -0.25) is 4.79 Å². The molecular weight excluding hydrogens is 412 g/mol. The maximum absolute atomic E-state index is 13.6. The highest BCUT2D eigenvalue weighted by atomic mass is 16.5. The molecule has 0 atom stereocenters. The maximum Gasteiger partial charge on any atom is 0.235 e. The summed E-state index contributed by atoms with van der Waals surface area (Å²) in [5.41, 5.74) is 3.21. The van der Waals surface area contributed by atoms with Crippen molar-refractivity contribution in [3.8, 4) is 22.8 Å². The van der Waals surface area contributed by atoms with Crippen molar-refractivity contribution in [3.63, 3.8) is 0 Å². The second kappa shape index (κ2) is 8.83. The number of hydrogen-bond donors (Lipinski definition) is 0. The van der Waals surface area contributed by atoms with Crippen molar-refractivity contribution in [2.75, 3.05) is 7.11 Å². The lowest BCUT2D eigenvalue weighted by molar-refractivity contribution is 0.299. The van der Waals surface area contributed by atoms with Crippen molar-refractivity contribution in [1.82, 2.24) is 0 Å². The zero-order chi connectivity index (χ0) is 22.8. The Bertz CT molecular complexity index is 1490. The molecular formula is C29H24O4. The smallest absolute Gasteiger partial charge is 0.235 e. The van der Waals surface area contributed by atoms with Gasteiger partial charge in [-0.1, -0.05) is 55.5 Å². The first kappa shape index (κ1) is 20.8. The number of hydrogen-bond acceptors (Lipinski definition) is 4. The van der Waals surface area contributed by atoms with E-state index in [1.807, 2.05) is 66.7 Å². The average Bonchev–Trinajstić information content (AvgIpc) is 2.88. The van der Waals surface area contributed by atoms with E-state index in [2.05, 4.69) is 25.1 Å². The van der Waals surface area contributed by atoms with Crippen LogP contribution >= 0.6 is 0 Å². The van der Waals surface area contributed by atoms with E-state index in [9.17, 15) is 4.79 Å². The molecule has 0 N–H and O–H groups in total. The first-order chi connectivity index (χ1) is 16.2. The van der Waals surface area contributed by atoms with Crippen LogP contribution in [-0.2, 0) is 13.0 Å². The summed E-state index contributed by atoms with van der Waals surface area (Å²) in [6.45, 7) is 2.32. The van der Waals surface area contributed by atoms with E-state index in [1.165, 1.54) is 0 Å². The summed E-state index contributed by atoms with van der Waals surface area (Å²) in [5.74, 6) is 1.36. The summed E-state index contributed by atoms with van der Waals surface area (Å²) in [7, 11) is 1.62. The number of methoxy groups -OCH3 is 1. The van der Waals surface area contributed by atoms with Crippen LogP contribution < -0.4 is 14.9 Å². The second-order valence-corrected chi connectivity index (χ2v) is 7.93. The molecule has 0 unspecified atom stereocenters. The van der Waals surface area contributed by atoms with Gasteiger partial charge in [-0.25, -0.2) is 0 Å². The van der Waals surface area contributed by atoms with Crippen LogP contribution in [-0.4, -0.2) is 7.11 Å². The van der Waals surface area contributed by atoms with Crippen LogP contribution in [0.25, 0.3) is 33.1 Å². The van der Waals surface area contributed by atoms with Crippen LogP contribution in [0.2, 0.25) is 0 Å². The van der Waals surface area contributed by atoms with Gasteiger partial charge in [0.2, 0.25) is 11.2 Å². The topological polar surface area (TPSA) is 48.7 Å². The van der Waals surface area contributed by atoms with Gasteiger partial charge in [0.25, 0.3) is 0 Å². The summed E-state index contributed by atoms with van der Waals surface area (Å²) < 4.78 is 17.7. The van der Waals surface area contributed by atoms with Gasteiger partial charge in [-0.05, 0) is 64.7 Å². The van der Waals surface area contributed by atoms with Crippen LogP contribution in [0.5, 0.6) is 11.5 Å². The first-order valence-corrected chi connectivity index (χ1v) is 11.0. The van der Waals surface area contributed by atoms with Crippen molar-refractivity contribution in [3.05, 3.63) is 106 Å². The summed E-state index contributed by atoms with van der Waals surface area (Å²) >= 11 is 0. The van der Waals surface area contributed by atoms with Gasteiger partial charge in [0, 0.05) is 5.56 Å². The highest BCUT2D eigenvalue weighted by Gasteiger charge is 2.19. The largest absolute Gasteiger partial charge is 0.497 e. The third-order valence-electron chi connectivity index (χ3n) is 5.93. The molecule has 0 fully saturated rings. The first-order valence-electron chi connectivity index (χ1n) is 11.0. The molecule has 5 rings (SSSR count). The van der Waals surface area contributed by atoms with Crippen molar-refractivity contribution >= 4 is 21.7 Å². The molecule has 0 aliphatic heterocycles. The van der Waals surface area contributed by atoms with E-state index in [1.54, 1.807) is 7.11 Å². The van der Waals surface area contributed by atoms with Gasteiger partial charge >= 0.3 is 0 Å². The molecule has 4 heteroatoms. The second-order valence-electron chi connectivity index (χ2n) is 7.93. The van der Waals surface area contributed by atoms with E-state index >= 15 is 0 Å². The van der Waals surface area contributed by atoms with Crippen LogP contribution in [0.1, 0.15) is 18.1 Å². The molecule has 0 radical (unpaired) electrons. The number of rotatable bonds is 6. The fourth-order valence-corrected chi connectivity index (χ4v) is 4.08. The molecule has 0 aliphatic rings. The summed E-state index contributed by atoms with van der Waals surface area (Å²) in [6.07, 6.45) is 0.835. The van der Waals surface area contributed by atoms with Gasteiger partial charge in [-0.2, -0.15) is 0 Å². The highest BCUT2D eigenvalue weighted by molar-refractivity contribution is 5.86. The molecule has 1 aromatic heterocycles. The Morgan fingerprint density at radius 2 is 1.64 bits per heavy atom. The van der Waals surface area contributed by atoms with E-state index < -0.39 is 0 Å². The number of aryl methyl sites for hydroxylation is 1.